The molecule has 47 heavy (non-hydrogen) atoms. The largest absolute Gasteiger partial charge is 0.586 e. The highest BCUT2D eigenvalue weighted by Crippen LogP contribution is 2.49. The van der Waals surface area contributed by atoms with Crippen LogP contribution in [0.25, 0.3) is 22.2 Å². The minimum atomic E-state index is -3.89. The predicted molar refractivity (Wildman–Crippen MR) is 162 cm³/mol. The van der Waals surface area contributed by atoms with Crippen LogP contribution in [-0.4, -0.2) is 51.1 Å². The van der Waals surface area contributed by atoms with Crippen LogP contribution in [-0.2, 0) is 16.8 Å². The summed E-state index contributed by atoms with van der Waals surface area (Å²) in [6, 6.07) is 7.24. The number of nitrogens with two attached hydrogens (primary N) is 1. The van der Waals surface area contributed by atoms with Crippen molar-refractivity contribution >= 4 is 34.3 Å². The van der Waals surface area contributed by atoms with Gasteiger partial charge in [-0.3, -0.25) is 14.3 Å². The van der Waals surface area contributed by atoms with Crippen LogP contribution >= 0.6 is 11.6 Å². The van der Waals surface area contributed by atoms with E-state index < -0.39 is 54.1 Å². The van der Waals surface area contributed by atoms with Crippen molar-refractivity contribution in [2.75, 3.05) is 13.2 Å². The highest BCUT2D eigenvalue weighted by atomic mass is 35.5. The number of carbonyl (C=O) groups excluding carboxylic acids is 2. The average molecular weight is 672 g/mol. The number of nitrogens with one attached hydrogen (secondary N) is 1. The molecule has 4 aromatic rings. The molecule has 2 aromatic carbocycles. The standard InChI is InChI=1S/C32H29ClF3N5O6/c1-2-45-28-20(12-24(37)42)25(34)29(39-27(28)15-3-8-22-23(11-15)47-32(35,36)46-22)31(44,18-4-5-18)14-38-30(43)16-9-17-13-41(19-6-7-19)40-26(17)21(33)10-16/h3,8-11,13,18-19,44H,2,4-7,12,14H2,1H3,(H2,37,42)(H,38,43)/t31-/m1/s1. The third kappa shape index (κ3) is 5.80. The van der Waals surface area contributed by atoms with E-state index in [0.29, 0.717) is 29.8 Å². The number of benzene rings is 2. The molecule has 15 heteroatoms. The van der Waals surface area contributed by atoms with Gasteiger partial charge in [-0.2, -0.15) is 5.10 Å². The molecule has 2 fully saturated rings. The molecular formula is C32H29ClF3N5O6. The number of rotatable bonds is 11. The molecule has 2 aromatic heterocycles. The van der Waals surface area contributed by atoms with Gasteiger partial charge >= 0.3 is 6.29 Å². The summed E-state index contributed by atoms with van der Waals surface area (Å²) >= 11 is 6.47. The number of hydrogen-bond acceptors (Lipinski definition) is 8. The van der Waals surface area contributed by atoms with E-state index in [1.54, 1.807) is 13.0 Å². The fourth-order valence-corrected chi connectivity index (χ4v) is 6.14. The Hall–Kier alpha value is -4.56. The van der Waals surface area contributed by atoms with E-state index in [-0.39, 0.29) is 51.3 Å². The van der Waals surface area contributed by atoms with Gasteiger partial charge in [-0.1, -0.05) is 11.6 Å². The van der Waals surface area contributed by atoms with E-state index >= 15 is 4.39 Å². The molecular weight excluding hydrogens is 643 g/mol. The van der Waals surface area contributed by atoms with E-state index in [4.69, 9.17) is 22.1 Å². The molecule has 11 nitrogen and oxygen atoms in total. The lowest BCUT2D eigenvalue weighted by Crippen LogP contribution is -2.44. The maximum Gasteiger partial charge on any atom is 0.586 e. The summed E-state index contributed by atoms with van der Waals surface area (Å²) in [5.74, 6) is -3.70. The fraction of sp³-hybridized carbons (Fsp3) is 0.375. The van der Waals surface area contributed by atoms with Gasteiger partial charge in [0.15, 0.2) is 23.1 Å². The van der Waals surface area contributed by atoms with E-state index in [1.165, 1.54) is 24.3 Å². The van der Waals surface area contributed by atoms with Crippen molar-refractivity contribution in [3.05, 3.63) is 64.2 Å². The summed E-state index contributed by atoms with van der Waals surface area (Å²) in [7, 11) is 0. The Morgan fingerprint density at radius 2 is 1.94 bits per heavy atom. The van der Waals surface area contributed by atoms with Crippen LogP contribution in [0.15, 0.2) is 36.5 Å². The van der Waals surface area contributed by atoms with Gasteiger partial charge in [-0.05, 0) is 68.9 Å². The number of aromatic nitrogens is 3. The van der Waals surface area contributed by atoms with E-state index in [1.807, 2.05) is 10.9 Å². The minimum absolute atomic E-state index is 0.0251. The number of nitrogens with zero attached hydrogens (tertiary/aromatic N) is 3. The second-order valence-corrected chi connectivity index (χ2v) is 12.4. The molecule has 1 aliphatic heterocycles. The molecule has 3 heterocycles. The molecule has 0 unspecified atom stereocenters. The number of pyridine rings is 1. The smallest absolute Gasteiger partial charge is 0.491 e. The van der Waals surface area contributed by atoms with Crippen LogP contribution in [0.2, 0.25) is 5.02 Å². The minimum Gasteiger partial charge on any atom is -0.491 e. The molecule has 0 radical (unpaired) electrons. The molecule has 0 saturated heterocycles. The number of ether oxygens (including phenoxy) is 3. The third-order valence-corrected chi connectivity index (χ3v) is 8.73. The molecule has 2 amide bonds. The summed E-state index contributed by atoms with van der Waals surface area (Å²) in [5.41, 5.74) is 3.56. The summed E-state index contributed by atoms with van der Waals surface area (Å²) in [6.45, 7) is 1.20. The third-order valence-electron chi connectivity index (χ3n) is 8.44. The predicted octanol–water partition coefficient (Wildman–Crippen LogP) is 5.00. The normalized spacial score (nSPS) is 17.8. The van der Waals surface area contributed by atoms with Crippen LogP contribution < -0.4 is 25.3 Å². The number of fused-ring (bicyclic) bond motifs is 2. The molecule has 246 valence electrons. The molecule has 0 spiro atoms. The molecule has 1 atom stereocenters. The molecule has 0 bridgehead atoms. The molecule has 2 aliphatic carbocycles. The van der Waals surface area contributed by atoms with Gasteiger partial charge in [0.05, 0.1) is 30.6 Å². The monoisotopic (exact) mass is 671 g/mol. The van der Waals surface area contributed by atoms with Crippen molar-refractivity contribution in [1.82, 2.24) is 20.1 Å². The molecule has 3 aliphatic rings. The topological polar surface area (TPSA) is 151 Å². The van der Waals surface area contributed by atoms with Gasteiger partial charge < -0.3 is 30.4 Å². The lowest BCUT2D eigenvalue weighted by molar-refractivity contribution is -0.286. The summed E-state index contributed by atoms with van der Waals surface area (Å²) in [4.78, 5) is 30.0. The number of amides is 2. The fourth-order valence-electron chi connectivity index (χ4n) is 5.88. The van der Waals surface area contributed by atoms with Crippen molar-refractivity contribution in [1.29, 1.82) is 0 Å². The Bertz CT molecular complexity index is 1950. The van der Waals surface area contributed by atoms with Gasteiger partial charge in [-0.25, -0.2) is 9.37 Å². The van der Waals surface area contributed by atoms with Crippen LogP contribution in [0.1, 0.15) is 60.3 Å². The Morgan fingerprint density at radius 1 is 1.19 bits per heavy atom. The van der Waals surface area contributed by atoms with Gasteiger partial charge in [-0.15, -0.1) is 8.78 Å². The first-order chi connectivity index (χ1) is 22.4. The quantitative estimate of drug-likeness (QED) is 0.202. The van der Waals surface area contributed by atoms with Crippen LogP contribution in [0, 0.1) is 11.7 Å². The second-order valence-electron chi connectivity index (χ2n) is 12.0. The van der Waals surface area contributed by atoms with Crippen molar-refractivity contribution in [2.24, 2.45) is 11.7 Å². The molecule has 7 rings (SSSR count). The van der Waals surface area contributed by atoms with E-state index in [2.05, 4.69) is 24.9 Å². The first kappa shape index (κ1) is 31.1. The zero-order valence-electron chi connectivity index (χ0n) is 25.0. The summed E-state index contributed by atoms with van der Waals surface area (Å²) < 4.78 is 60.7. The zero-order valence-corrected chi connectivity index (χ0v) is 25.7. The Balaban J connectivity index is 1.27. The van der Waals surface area contributed by atoms with Gasteiger partial charge in [0.25, 0.3) is 5.91 Å². The van der Waals surface area contributed by atoms with Crippen molar-refractivity contribution in [3.8, 4) is 28.5 Å². The number of hydrogen-bond donors (Lipinski definition) is 3. The summed E-state index contributed by atoms with van der Waals surface area (Å²) in [6.07, 6.45) is 0.349. The van der Waals surface area contributed by atoms with E-state index in [0.717, 1.165) is 12.8 Å². The lowest BCUT2D eigenvalue weighted by Gasteiger charge is -2.30. The van der Waals surface area contributed by atoms with Gasteiger partial charge in [0.1, 0.15) is 22.5 Å². The lowest BCUT2D eigenvalue weighted by atomic mass is 9.89. The number of alkyl halides is 2. The van der Waals surface area contributed by atoms with Crippen molar-refractivity contribution in [2.45, 2.75) is 57.0 Å². The number of carbonyl (C=O) groups is 2. The van der Waals surface area contributed by atoms with Crippen LogP contribution in [0.5, 0.6) is 17.2 Å². The molecule has 4 N–H and O–H groups in total. The van der Waals surface area contributed by atoms with Gasteiger partial charge in [0.2, 0.25) is 5.91 Å². The number of primary amides is 1. The SMILES string of the molecule is CCOc1c(-c2ccc3c(c2)OC(F)(F)O3)nc([C@@](O)(CNC(=O)c2cc(Cl)c3nn(C4CC4)cc3c2)C2CC2)c(F)c1CC(N)=O. The van der Waals surface area contributed by atoms with Crippen LogP contribution in [0.4, 0.5) is 13.2 Å². The first-order valence-electron chi connectivity index (χ1n) is 15.1. The molecule has 2 saturated carbocycles. The maximum atomic E-state index is 16.5. The van der Waals surface area contributed by atoms with Gasteiger partial charge in [0, 0.05) is 28.3 Å². The number of aliphatic hydroxyl groups is 1. The Morgan fingerprint density at radius 3 is 2.62 bits per heavy atom. The maximum absolute atomic E-state index is 16.5. The zero-order chi connectivity index (χ0) is 33.2. The Kier molecular flexibility index (Phi) is 7.47. The average Bonchev–Trinajstić information content (AvgIpc) is 3.95. The van der Waals surface area contributed by atoms with Crippen molar-refractivity contribution < 1.29 is 42.1 Å². The second kappa shape index (κ2) is 11.3. The highest BCUT2D eigenvalue weighted by molar-refractivity contribution is 6.35. The van der Waals surface area contributed by atoms with E-state index in [9.17, 15) is 23.5 Å². The highest BCUT2D eigenvalue weighted by Gasteiger charge is 2.49. The Labute approximate surface area is 270 Å². The number of halogens is 4. The van der Waals surface area contributed by atoms with Crippen molar-refractivity contribution in [3.63, 3.8) is 0 Å². The first-order valence-corrected chi connectivity index (χ1v) is 15.5. The summed E-state index contributed by atoms with van der Waals surface area (Å²) in [5, 5.41) is 20.3. The van der Waals surface area contributed by atoms with Crippen LogP contribution in [0.3, 0.4) is 0 Å².